The Bertz CT molecular complexity index is 1120. The van der Waals surface area contributed by atoms with Gasteiger partial charge in [-0.1, -0.05) is 70.9 Å². The van der Waals surface area contributed by atoms with Crippen molar-refractivity contribution in [1.29, 1.82) is 0 Å². The maximum atomic E-state index is 12.9. The van der Waals surface area contributed by atoms with Crippen molar-refractivity contribution in [3.8, 4) is 11.5 Å². The van der Waals surface area contributed by atoms with Crippen LogP contribution in [0, 0.1) is 11.8 Å². The topological polar surface area (TPSA) is 71.1 Å². The molecule has 0 aliphatic rings. The Balaban J connectivity index is 1.61. The second kappa shape index (κ2) is 14.8. The zero-order chi connectivity index (χ0) is 27.3. The van der Waals surface area contributed by atoms with Crippen LogP contribution in [0.1, 0.15) is 72.9 Å². The van der Waals surface area contributed by atoms with Gasteiger partial charge in [0.1, 0.15) is 18.1 Å². The second-order valence-corrected chi connectivity index (χ2v) is 9.60. The summed E-state index contributed by atoms with van der Waals surface area (Å²) in [5.74, 6) is 1.30. The molecule has 3 aromatic carbocycles. The first-order chi connectivity index (χ1) is 18.4. The molecule has 0 aromatic heterocycles. The molecule has 0 bridgehead atoms. The molecule has 3 atom stereocenters. The van der Waals surface area contributed by atoms with Crippen molar-refractivity contribution >= 4 is 11.9 Å². The highest BCUT2D eigenvalue weighted by atomic mass is 16.6. The molecule has 0 aliphatic heterocycles. The summed E-state index contributed by atoms with van der Waals surface area (Å²) in [6.45, 7) is 9.62. The predicted molar refractivity (Wildman–Crippen MR) is 148 cm³/mol. The largest absolute Gasteiger partial charge is 0.493 e. The van der Waals surface area contributed by atoms with Crippen molar-refractivity contribution in [1.82, 2.24) is 0 Å². The van der Waals surface area contributed by atoms with Crippen molar-refractivity contribution in [2.45, 2.75) is 46.6 Å². The van der Waals surface area contributed by atoms with Crippen LogP contribution in [-0.2, 0) is 9.47 Å². The highest BCUT2D eigenvalue weighted by molar-refractivity contribution is 5.90. The summed E-state index contributed by atoms with van der Waals surface area (Å²) >= 11 is 0. The molecule has 3 rings (SSSR count). The van der Waals surface area contributed by atoms with Gasteiger partial charge in [0, 0.05) is 0 Å². The van der Waals surface area contributed by atoms with E-state index in [-0.39, 0.29) is 6.61 Å². The van der Waals surface area contributed by atoms with Crippen LogP contribution < -0.4 is 9.47 Å². The van der Waals surface area contributed by atoms with Crippen LogP contribution in [0.2, 0.25) is 0 Å². The Morgan fingerprint density at radius 3 is 1.58 bits per heavy atom. The lowest BCUT2D eigenvalue weighted by Gasteiger charge is -2.19. The Morgan fingerprint density at radius 1 is 0.632 bits per heavy atom. The van der Waals surface area contributed by atoms with Crippen LogP contribution in [0.5, 0.6) is 11.5 Å². The highest BCUT2D eigenvalue weighted by Gasteiger charge is 2.21. The van der Waals surface area contributed by atoms with Gasteiger partial charge in [0.25, 0.3) is 0 Å². The van der Waals surface area contributed by atoms with E-state index < -0.39 is 18.0 Å². The van der Waals surface area contributed by atoms with Gasteiger partial charge in [-0.15, -0.1) is 0 Å². The first kappa shape index (κ1) is 28.8. The van der Waals surface area contributed by atoms with Crippen molar-refractivity contribution in [2.24, 2.45) is 11.8 Å². The van der Waals surface area contributed by atoms with Crippen LogP contribution in [-0.4, -0.2) is 31.8 Å². The van der Waals surface area contributed by atoms with Crippen molar-refractivity contribution in [2.75, 3.05) is 19.8 Å². The zero-order valence-corrected chi connectivity index (χ0v) is 22.7. The van der Waals surface area contributed by atoms with Gasteiger partial charge in [-0.3, -0.25) is 0 Å². The lowest BCUT2D eigenvalue weighted by atomic mass is 10.1. The van der Waals surface area contributed by atoms with Crippen LogP contribution in [0.3, 0.4) is 0 Å². The minimum absolute atomic E-state index is 0.114. The standard InChI is InChI=1S/C32H38O6/c1-5-23(3)20-35-28-16-12-26(13-17-28)31(33)37-22-30(25-10-8-7-9-11-25)38-32(34)27-14-18-29(19-15-27)36-21-24(4)6-2/h7-19,23-24,30H,5-6,20-22H2,1-4H3. The summed E-state index contributed by atoms with van der Waals surface area (Å²) in [5, 5.41) is 0. The molecule has 0 N–H and O–H groups in total. The summed E-state index contributed by atoms with van der Waals surface area (Å²) in [7, 11) is 0. The fourth-order valence-corrected chi connectivity index (χ4v) is 3.39. The van der Waals surface area contributed by atoms with E-state index in [4.69, 9.17) is 18.9 Å². The molecule has 0 saturated heterocycles. The van der Waals surface area contributed by atoms with E-state index >= 15 is 0 Å². The maximum Gasteiger partial charge on any atom is 0.338 e. The van der Waals surface area contributed by atoms with Gasteiger partial charge < -0.3 is 18.9 Å². The Morgan fingerprint density at radius 2 is 1.11 bits per heavy atom. The molecular weight excluding hydrogens is 480 g/mol. The number of carbonyl (C=O) groups is 2. The van der Waals surface area contributed by atoms with Crippen molar-refractivity contribution in [3.63, 3.8) is 0 Å². The van der Waals surface area contributed by atoms with Crippen LogP contribution in [0.25, 0.3) is 0 Å². The summed E-state index contributed by atoms with van der Waals surface area (Å²) < 4.78 is 22.8. The van der Waals surface area contributed by atoms with Gasteiger partial charge >= 0.3 is 11.9 Å². The number of rotatable bonds is 14. The molecule has 202 valence electrons. The van der Waals surface area contributed by atoms with E-state index in [1.54, 1.807) is 48.5 Å². The van der Waals surface area contributed by atoms with Gasteiger partial charge in [0.05, 0.1) is 24.3 Å². The Kier molecular flexibility index (Phi) is 11.2. The lowest BCUT2D eigenvalue weighted by Crippen LogP contribution is -2.19. The minimum atomic E-state index is -0.757. The average molecular weight is 519 g/mol. The first-order valence-corrected chi connectivity index (χ1v) is 13.3. The summed E-state index contributed by atoms with van der Waals surface area (Å²) in [4.78, 5) is 25.6. The normalized spacial score (nSPS) is 13.2. The lowest BCUT2D eigenvalue weighted by molar-refractivity contribution is -0.00134. The smallest absolute Gasteiger partial charge is 0.338 e. The second-order valence-electron chi connectivity index (χ2n) is 9.60. The molecule has 0 heterocycles. The van der Waals surface area contributed by atoms with Crippen molar-refractivity contribution in [3.05, 3.63) is 95.6 Å². The third-order valence-corrected chi connectivity index (χ3v) is 6.43. The molecule has 0 spiro atoms. The molecule has 0 fully saturated rings. The minimum Gasteiger partial charge on any atom is -0.493 e. The SMILES string of the molecule is CCC(C)COc1ccc(C(=O)OCC(OC(=O)c2ccc(OCC(C)CC)cc2)c2ccccc2)cc1. The Hall–Kier alpha value is -3.80. The molecule has 3 unspecified atom stereocenters. The van der Waals surface area contributed by atoms with E-state index in [9.17, 15) is 9.59 Å². The summed E-state index contributed by atoms with van der Waals surface area (Å²) in [6.07, 6.45) is 1.32. The number of ether oxygens (including phenoxy) is 4. The number of benzene rings is 3. The van der Waals surface area contributed by atoms with Gasteiger partial charge in [-0.05, 0) is 65.9 Å². The third kappa shape index (κ3) is 8.94. The molecule has 0 saturated carbocycles. The van der Waals surface area contributed by atoms with Gasteiger partial charge in [-0.2, -0.15) is 0 Å². The van der Waals surface area contributed by atoms with Gasteiger partial charge in [-0.25, -0.2) is 9.59 Å². The number of esters is 2. The molecule has 0 radical (unpaired) electrons. The van der Waals surface area contributed by atoms with E-state index in [1.165, 1.54) is 0 Å². The Labute approximate surface area is 225 Å². The monoisotopic (exact) mass is 518 g/mol. The molecular formula is C32H38O6. The van der Waals surface area contributed by atoms with E-state index in [0.717, 1.165) is 18.4 Å². The highest BCUT2D eigenvalue weighted by Crippen LogP contribution is 2.22. The molecule has 6 heteroatoms. The van der Waals surface area contributed by atoms with Crippen LogP contribution >= 0.6 is 0 Å². The third-order valence-electron chi connectivity index (χ3n) is 6.43. The molecule has 0 amide bonds. The van der Waals surface area contributed by atoms with Crippen molar-refractivity contribution < 1.29 is 28.5 Å². The fourth-order valence-electron chi connectivity index (χ4n) is 3.39. The van der Waals surface area contributed by atoms with Crippen LogP contribution in [0.15, 0.2) is 78.9 Å². The zero-order valence-electron chi connectivity index (χ0n) is 22.7. The number of carbonyl (C=O) groups excluding carboxylic acids is 2. The maximum absolute atomic E-state index is 12.9. The molecule has 0 aliphatic carbocycles. The summed E-state index contributed by atoms with van der Waals surface area (Å²) in [5.41, 5.74) is 1.52. The molecule has 6 nitrogen and oxygen atoms in total. The van der Waals surface area contributed by atoms with Crippen LogP contribution in [0.4, 0.5) is 0 Å². The number of hydrogen-bond acceptors (Lipinski definition) is 6. The average Bonchev–Trinajstić information content (AvgIpc) is 2.97. The quantitative estimate of drug-likeness (QED) is 0.209. The number of hydrogen-bond donors (Lipinski definition) is 0. The first-order valence-electron chi connectivity index (χ1n) is 13.3. The molecule has 3 aromatic rings. The van der Waals surface area contributed by atoms with E-state index in [2.05, 4.69) is 27.7 Å². The van der Waals surface area contributed by atoms with E-state index in [1.807, 2.05) is 30.3 Å². The van der Waals surface area contributed by atoms with Gasteiger partial charge in [0.2, 0.25) is 0 Å². The fraction of sp³-hybridized carbons (Fsp3) is 0.375. The summed E-state index contributed by atoms with van der Waals surface area (Å²) in [6, 6.07) is 22.9. The molecule has 38 heavy (non-hydrogen) atoms. The van der Waals surface area contributed by atoms with Gasteiger partial charge in [0.15, 0.2) is 6.10 Å². The predicted octanol–water partition coefficient (Wildman–Crippen LogP) is 7.29. The van der Waals surface area contributed by atoms with E-state index in [0.29, 0.717) is 47.7 Å².